The van der Waals surface area contributed by atoms with Crippen LogP contribution in [0.1, 0.15) is 5.69 Å². The zero-order chi connectivity index (χ0) is 11.0. The lowest BCUT2D eigenvalue weighted by Crippen LogP contribution is -2.09. The summed E-state index contributed by atoms with van der Waals surface area (Å²) in [6.45, 7) is 1.61. The number of aryl methyl sites for hydroxylation is 1. The second kappa shape index (κ2) is 3.27. The summed E-state index contributed by atoms with van der Waals surface area (Å²) >= 11 is 0. The first-order valence-electron chi connectivity index (χ1n) is 4.46. The molecule has 0 radical (unpaired) electrons. The lowest BCUT2D eigenvalue weighted by molar-refractivity contribution is -0.137. The number of nitrogens with zero attached hydrogens (tertiary/aromatic N) is 2. The molecule has 0 saturated heterocycles. The van der Waals surface area contributed by atoms with Crippen molar-refractivity contribution in [1.29, 1.82) is 0 Å². The molecule has 0 aliphatic heterocycles. The molecule has 0 spiro atoms. The number of aliphatic carboxylic acids is 1. The number of phenols is 1. The van der Waals surface area contributed by atoms with Crippen molar-refractivity contribution < 1.29 is 15.0 Å². The molecule has 0 aliphatic carbocycles. The number of phenolic OH excluding ortho intramolecular Hbond substituents is 1. The highest BCUT2D eigenvalue weighted by Crippen LogP contribution is 2.22. The molecule has 5 nitrogen and oxygen atoms in total. The van der Waals surface area contributed by atoms with Crippen molar-refractivity contribution in [2.75, 3.05) is 0 Å². The Morgan fingerprint density at radius 2 is 2.27 bits per heavy atom. The fourth-order valence-electron chi connectivity index (χ4n) is 1.58. The normalized spacial score (nSPS) is 10.7. The van der Waals surface area contributed by atoms with Gasteiger partial charge in [-0.15, -0.1) is 0 Å². The van der Waals surface area contributed by atoms with E-state index in [1.165, 1.54) is 10.7 Å². The number of carboxylic acids is 1. The Morgan fingerprint density at radius 1 is 1.53 bits per heavy atom. The summed E-state index contributed by atoms with van der Waals surface area (Å²) in [4.78, 5) is 10.6. The minimum absolute atomic E-state index is 0.153. The van der Waals surface area contributed by atoms with Gasteiger partial charge in [0.1, 0.15) is 12.3 Å². The quantitative estimate of drug-likeness (QED) is 0.772. The Hall–Kier alpha value is -2.04. The summed E-state index contributed by atoms with van der Waals surface area (Å²) < 4.78 is 1.41. The molecule has 2 N–H and O–H groups in total. The first-order valence-corrected chi connectivity index (χ1v) is 4.46. The largest absolute Gasteiger partial charge is 0.508 e. The minimum atomic E-state index is -0.938. The summed E-state index contributed by atoms with van der Waals surface area (Å²) in [6.07, 6.45) is 0. The third kappa shape index (κ3) is 1.63. The van der Waals surface area contributed by atoms with Crippen molar-refractivity contribution in [3.8, 4) is 5.75 Å². The zero-order valence-electron chi connectivity index (χ0n) is 8.14. The van der Waals surface area contributed by atoms with Crippen molar-refractivity contribution in [1.82, 2.24) is 9.78 Å². The second-order valence-corrected chi connectivity index (χ2v) is 3.34. The highest BCUT2D eigenvalue weighted by atomic mass is 16.4. The molecular formula is C10H10N2O3. The molecule has 1 aromatic heterocycles. The van der Waals surface area contributed by atoms with Crippen LogP contribution in [0.3, 0.4) is 0 Å². The van der Waals surface area contributed by atoms with E-state index < -0.39 is 5.97 Å². The number of carboxylic acid groups (broad SMARTS) is 1. The number of aromatic nitrogens is 2. The maximum Gasteiger partial charge on any atom is 0.325 e. The van der Waals surface area contributed by atoms with E-state index in [2.05, 4.69) is 5.10 Å². The molecule has 15 heavy (non-hydrogen) atoms. The third-order valence-corrected chi connectivity index (χ3v) is 2.20. The highest BCUT2D eigenvalue weighted by Gasteiger charge is 2.09. The smallest absolute Gasteiger partial charge is 0.325 e. The van der Waals surface area contributed by atoms with Crippen LogP contribution in [0.15, 0.2) is 18.2 Å². The van der Waals surface area contributed by atoms with Gasteiger partial charge in [-0.05, 0) is 25.1 Å². The van der Waals surface area contributed by atoms with Crippen molar-refractivity contribution in [2.24, 2.45) is 0 Å². The lowest BCUT2D eigenvalue weighted by atomic mass is 10.2. The molecule has 78 valence electrons. The second-order valence-electron chi connectivity index (χ2n) is 3.34. The standard InChI is InChI=1S/C10H10N2O3/c1-6-8-4-7(13)2-3-9(8)12(11-6)5-10(14)15/h2-4,13H,5H2,1H3,(H,14,15). The number of hydrogen-bond acceptors (Lipinski definition) is 3. The Balaban J connectivity index is 2.62. The number of hydrogen-bond donors (Lipinski definition) is 2. The molecule has 0 aliphatic rings. The predicted octanol–water partition coefficient (Wildman–Crippen LogP) is 1.13. The Bertz CT molecular complexity index is 531. The molecule has 5 heteroatoms. The van der Waals surface area contributed by atoms with E-state index in [4.69, 9.17) is 5.11 Å². The summed E-state index contributed by atoms with van der Waals surface area (Å²) in [6, 6.07) is 4.76. The van der Waals surface area contributed by atoms with Crippen LogP contribution in [0.25, 0.3) is 10.9 Å². The van der Waals surface area contributed by atoms with Crippen molar-refractivity contribution in [2.45, 2.75) is 13.5 Å². The van der Waals surface area contributed by atoms with Gasteiger partial charge in [-0.3, -0.25) is 9.48 Å². The van der Waals surface area contributed by atoms with Gasteiger partial charge >= 0.3 is 5.97 Å². The maximum atomic E-state index is 10.6. The van der Waals surface area contributed by atoms with Crippen molar-refractivity contribution in [3.63, 3.8) is 0 Å². The van der Waals surface area contributed by atoms with Crippen LogP contribution in [-0.2, 0) is 11.3 Å². The molecular weight excluding hydrogens is 196 g/mol. The number of aromatic hydroxyl groups is 1. The van der Waals surface area contributed by atoms with Gasteiger partial charge in [0.2, 0.25) is 0 Å². The third-order valence-electron chi connectivity index (χ3n) is 2.20. The Labute approximate surface area is 85.6 Å². The average Bonchev–Trinajstić information content (AvgIpc) is 2.42. The van der Waals surface area contributed by atoms with Crippen molar-refractivity contribution >= 4 is 16.9 Å². The van der Waals surface area contributed by atoms with Crippen LogP contribution < -0.4 is 0 Å². The summed E-state index contributed by atoms with van der Waals surface area (Å²) in [7, 11) is 0. The molecule has 0 bridgehead atoms. The van der Waals surface area contributed by atoms with E-state index in [0.29, 0.717) is 11.2 Å². The summed E-state index contributed by atoms with van der Waals surface area (Å²) in [5.41, 5.74) is 1.43. The topological polar surface area (TPSA) is 75.4 Å². The molecule has 0 unspecified atom stereocenters. The molecule has 0 saturated carbocycles. The van der Waals surface area contributed by atoms with Gasteiger partial charge in [0.05, 0.1) is 11.2 Å². The van der Waals surface area contributed by atoms with E-state index in [0.717, 1.165) is 5.39 Å². The van der Waals surface area contributed by atoms with Crippen LogP contribution in [0.5, 0.6) is 5.75 Å². The number of fused-ring (bicyclic) bond motifs is 1. The molecule has 0 atom stereocenters. The molecule has 2 rings (SSSR count). The van der Waals surface area contributed by atoms with E-state index >= 15 is 0 Å². The Kier molecular flexibility index (Phi) is 2.07. The van der Waals surface area contributed by atoms with E-state index in [1.54, 1.807) is 19.1 Å². The minimum Gasteiger partial charge on any atom is -0.508 e. The SMILES string of the molecule is Cc1nn(CC(=O)O)c2ccc(O)cc12. The summed E-state index contributed by atoms with van der Waals surface area (Å²) in [5.74, 6) is -0.784. The fourth-order valence-corrected chi connectivity index (χ4v) is 1.58. The van der Waals surface area contributed by atoms with Crippen LogP contribution in [0.4, 0.5) is 0 Å². The number of benzene rings is 1. The number of rotatable bonds is 2. The van der Waals surface area contributed by atoms with Gasteiger partial charge in [-0.2, -0.15) is 5.10 Å². The van der Waals surface area contributed by atoms with Gasteiger partial charge < -0.3 is 10.2 Å². The zero-order valence-corrected chi connectivity index (χ0v) is 8.14. The van der Waals surface area contributed by atoms with Gasteiger partial charge in [-0.1, -0.05) is 0 Å². The van der Waals surface area contributed by atoms with E-state index in [9.17, 15) is 9.90 Å². The van der Waals surface area contributed by atoms with Crippen LogP contribution in [-0.4, -0.2) is 26.0 Å². The molecule has 1 aromatic carbocycles. The first kappa shape index (κ1) is 9.51. The van der Waals surface area contributed by atoms with Crippen LogP contribution >= 0.6 is 0 Å². The van der Waals surface area contributed by atoms with Gasteiger partial charge in [-0.25, -0.2) is 0 Å². The lowest BCUT2D eigenvalue weighted by Gasteiger charge is -1.98. The van der Waals surface area contributed by atoms with E-state index in [-0.39, 0.29) is 12.3 Å². The van der Waals surface area contributed by atoms with E-state index in [1.807, 2.05) is 0 Å². The number of carbonyl (C=O) groups is 1. The molecule has 0 fully saturated rings. The molecule has 1 heterocycles. The van der Waals surface area contributed by atoms with Gasteiger partial charge in [0.15, 0.2) is 0 Å². The van der Waals surface area contributed by atoms with Gasteiger partial charge in [0.25, 0.3) is 0 Å². The first-order chi connectivity index (χ1) is 7.08. The fraction of sp³-hybridized carbons (Fsp3) is 0.200. The Morgan fingerprint density at radius 3 is 2.93 bits per heavy atom. The maximum absolute atomic E-state index is 10.6. The highest BCUT2D eigenvalue weighted by molar-refractivity contribution is 5.84. The van der Waals surface area contributed by atoms with Gasteiger partial charge in [0, 0.05) is 5.39 Å². The molecule has 2 aromatic rings. The monoisotopic (exact) mass is 206 g/mol. The summed E-state index contributed by atoms with van der Waals surface area (Å²) in [5, 5.41) is 22.8. The average molecular weight is 206 g/mol. The van der Waals surface area contributed by atoms with Crippen LogP contribution in [0.2, 0.25) is 0 Å². The molecule has 0 amide bonds. The van der Waals surface area contributed by atoms with Crippen molar-refractivity contribution in [3.05, 3.63) is 23.9 Å². The van der Waals surface area contributed by atoms with Crippen LogP contribution in [0, 0.1) is 6.92 Å². The predicted molar refractivity (Wildman–Crippen MR) is 53.8 cm³/mol.